The van der Waals surface area contributed by atoms with E-state index in [1.54, 1.807) is 0 Å². The summed E-state index contributed by atoms with van der Waals surface area (Å²) < 4.78 is 0. The molecule has 26 heavy (non-hydrogen) atoms. The molecule has 0 bridgehead atoms. The maximum absolute atomic E-state index is 12.4. The smallest absolute Gasteiger partial charge is 0.224 e. The number of carbonyl (C=O) groups is 1. The van der Waals surface area contributed by atoms with Gasteiger partial charge in [0.05, 0.1) is 5.69 Å². The lowest BCUT2D eigenvalue weighted by atomic mass is 10.1. The number of rotatable bonds is 6. The molecular weight excluding hydrogens is 326 g/mol. The third-order valence-corrected chi connectivity index (χ3v) is 4.17. The number of amides is 1. The molecule has 0 aliphatic carbocycles. The van der Waals surface area contributed by atoms with Gasteiger partial charge in [0, 0.05) is 23.6 Å². The average Bonchev–Trinajstić information content (AvgIpc) is 3.12. The summed E-state index contributed by atoms with van der Waals surface area (Å²) in [4.78, 5) is 16.9. The van der Waals surface area contributed by atoms with E-state index in [0.717, 1.165) is 17.0 Å². The van der Waals surface area contributed by atoms with Crippen LogP contribution in [-0.2, 0) is 11.2 Å². The van der Waals surface area contributed by atoms with Crippen molar-refractivity contribution < 1.29 is 4.79 Å². The molecule has 0 aliphatic rings. The first-order chi connectivity index (χ1) is 12.5. The molecule has 6 nitrogen and oxygen atoms in total. The zero-order valence-corrected chi connectivity index (χ0v) is 15.0. The first kappa shape index (κ1) is 17.7. The van der Waals surface area contributed by atoms with Crippen molar-refractivity contribution in [3.05, 3.63) is 59.9 Å². The van der Waals surface area contributed by atoms with Crippen LogP contribution >= 0.6 is 0 Å². The summed E-state index contributed by atoms with van der Waals surface area (Å²) >= 11 is 0. The molecule has 0 spiro atoms. The largest absolute Gasteiger partial charge is 0.399 e. The number of carbonyl (C=O) groups excluding carboxylic acids is 1. The van der Waals surface area contributed by atoms with Gasteiger partial charge in [-0.2, -0.15) is 5.10 Å². The monoisotopic (exact) mass is 349 g/mol. The Balaban J connectivity index is 1.71. The Morgan fingerprint density at radius 1 is 1.15 bits per heavy atom. The average molecular weight is 349 g/mol. The number of H-pyrrole nitrogens is 1. The highest BCUT2D eigenvalue weighted by atomic mass is 16.1. The van der Waals surface area contributed by atoms with Crippen LogP contribution in [0.4, 0.5) is 11.4 Å². The number of benzene rings is 2. The minimum atomic E-state index is -0.0691. The van der Waals surface area contributed by atoms with Gasteiger partial charge < -0.3 is 11.1 Å². The minimum Gasteiger partial charge on any atom is -0.399 e. The Hall–Kier alpha value is -3.15. The Bertz CT molecular complexity index is 900. The fourth-order valence-electron chi connectivity index (χ4n) is 2.66. The molecule has 0 saturated carbocycles. The first-order valence-corrected chi connectivity index (χ1v) is 8.69. The molecule has 0 radical (unpaired) electrons. The zero-order valence-electron chi connectivity index (χ0n) is 15.0. The van der Waals surface area contributed by atoms with E-state index in [0.29, 0.717) is 30.0 Å². The number of hydrogen-bond acceptors (Lipinski definition) is 4. The van der Waals surface area contributed by atoms with E-state index in [2.05, 4.69) is 20.5 Å². The topological polar surface area (TPSA) is 96.7 Å². The van der Waals surface area contributed by atoms with Gasteiger partial charge in [0.2, 0.25) is 5.91 Å². The molecule has 2 aromatic carbocycles. The van der Waals surface area contributed by atoms with E-state index < -0.39 is 0 Å². The fraction of sp³-hybridized carbons (Fsp3) is 0.250. The van der Waals surface area contributed by atoms with E-state index in [1.165, 1.54) is 0 Å². The van der Waals surface area contributed by atoms with Crippen molar-refractivity contribution in [1.82, 2.24) is 15.2 Å². The number of aromatic nitrogens is 3. The molecule has 1 amide bonds. The molecule has 1 aromatic heterocycles. The first-order valence-electron chi connectivity index (χ1n) is 8.69. The number of nitrogens with two attached hydrogens (primary N) is 1. The molecule has 0 aliphatic heterocycles. The summed E-state index contributed by atoms with van der Waals surface area (Å²) in [6, 6.07) is 15.1. The summed E-state index contributed by atoms with van der Waals surface area (Å²) in [5.74, 6) is 1.59. The van der Waals surface area contributed by atoms with Crippen molar-refractivity contribution in [3.63, 3.8) is 0 Å². The lowest BCUT2D eigenvalue weighted by molar-refractivity contribution is -0.116. The Morgan fingerprint density at radius 2 is 1.88 bits per heavy atom. The van der Waals surface area contributed by atoms with Gasteiger partial charge in [0.1, 0.15) is 5.82 Å². The maximum Gasteiger partial charge on any atom is 0.224 e. The second kappa shape index (κ2) is 7.82. The Morgan fingerprint density at radius 3 is 2.62 bits per heavy atom. The normalized spacial score (nSPS) is 10.9. The van der Waals surface area contributed by atoms with Gasteiger partial charge in [-0.3, -0.25) is 9.89 Å². The molecule has 3 rings (SSSR count). The van der Waals surface area contributed by atoms with Crippen LogP contribution in [0.15, 0.2) is 48.5 Å². The molecule has 0 saturated heterocycles. The van der Waals surface area contributed by atoms with Gasteiger partial charge in [-0.25, -0.2) is 4.98 Å². The second-order valence-corrected chi connectivity index (χ2v) is 6.49. The van der Waals surface area contributed by atoms with Crippen LogP contribution in [0.25, 0.3) is 11.4 Å². The number of nitrogens with one attached hydrogen (secondary N) is 2. The second-order valence-electron chi connectivity index (χ2n) is 6.49. The van der Waals surface area contributed by atoms with Crippen LogP contribution in [0.1, 0.15) is 37.6 Å². The minimum absolute atomic E-state index is 0.0691. The summed E-state index contributed by atoms with van der Waals surface area (Å²) in [6.45, 7) is 4.10. The van der Waals surface area contributed by atoms with Crippen molar-refractivity contribution in [3.8, 4) is 11.4 Å². The summed E-state index contributed by atoms with van der Waals surface area (Å²) in [5, 5.41) is 10.2. The molecule has 4 N–H and O–H groups in total. The molecular formula is C20H23N5O. The Labute approximate surface area is 152 Å². The third-order valence-electron chi connectivity index (χ3n) is 4.17. The predicted octanol–water partition coefficient (Wildman–Crippen LogP) is 3.75. The number of para-hydroxylation sites is 2. The highest BCUT2D eigenvalue weighted by molar-refractivity contribution is 5.94. The van der Waals surface area contributed by atoms with E-state index in [-0.39, 0.29) is 11.8 Å². The maximum atomic E-state index is 12.4. The van der Waals surface area contributed by atoms with Gasteiger partial charge in [-0.1, -0.05) is 44.2 Å². The van der Waals surface area contributed by atoms with Gasteiger partial charge in [0.25, 0.3) is 0 Å². The number of aryl methyl sites for hydroxylation is 1. The standard InChI is InChI=1S/C20H23N5O/c1-13(2)19-23-20(25-24-19)15-8-4-6-10-17(15)22-18(26)12-11-14-7-3-5-9-16(14)21/h3-10,13H,11-12,21H2,1-2H3,(H,22,26)(H,23,24,25). The molecule has 0 unspecified atom stereocenters. The lowest BCUT2D eigenvalue weighted by Crippen LogP contribution is -2.13. The van der Waals surface area contributed by atoms with Crippen LogP contribution in [0.2, 0.25) is 0 Å². The molecule has 134 valence electrons. The van der Waals surface area contributed by atoms with Gasteiger partial charge >= 0.3 is 0 Å². The van der Waals surface area contributed by atoms with Crippen molar-refractivity contribution in [2.24, 2.45) is 0 Å². The van der Waals surface area contributed by atoms with E-state index in [1.807, 2.05) is 62.4 Å². The summed E-state index contributed by atoms with van der Waals surface area (Å²) in [5.41, 5.74) is 9.12. The molecule has 3 aromatic rings. The lowest BCUT2D eigenvalue weighted by Gasteiger charge is -2.10. The van der Waals surface area contributed by atoms with Crippen molar-refractivity contribution in [2.45, 2.75) is 32.6 Å². The van der Waals surface area contributed by atoms with Crippen molar-refractivity contribution in [1.29, 1.82) is 0 Å². The number of anilines is 2. The van der Waals surface area contributed by atoms with Crippen molar-refractivity contribution in [2.75, 3.05) is 11.1 Å². The summed E-state index contributed by atoms with van der Waals surface area (Å²) in [7, 11) is 0. The quantitative estimate of drug-likeness (QED) is 0.590. The Kier molecular flexibility index (Phi) is 5.31. The number of hydrogen-bond donors (Lipinski definition) is 3. The van der Waals surface area contributed by atoms with Crippen LogP contribution in [0, 0.1) is 0 Å². The van der Waals surface area contributed by atoms with Gasteiger partial charge in [-0.05, 0) is 30.2 Å². The fourth-order valence-corrected chi connectivity index (χ4v) is 2.66. The molecule has 0 atom stereocenters. The van der Waals surface area contributed by atoms with E-state index in [9.17, 15) is 4.79 Å². The van der Waals surface area contributed by atoms with E-state index in [4.69, 9.17) is 5.73 Å². The van der Waals surface area contributed by atoms with Crippen LogP contribution < -0.4 is 11.1 Å². The van der Waals surface area contributed by atoms with Crippen LogP contribution in [0.3, 0.4) is 0 Å². The summed E-state index contributed by atoms with van der Waals surface area (Å²) in [6.07, 6.45) is 0.951. The highest BCUT2D eigenvalue weighted by Gasteiger charge is 2.14. The van der Waals surface area contributed by atoms with E-state index >= 15 is 0 Å². The van der Waals surface area contributed by atoms with Gasteiger partial charge in [0.15, 0.2) is 5.82 Å². The molecule has 1 heterocycles. The predicted molar refractivity (Wildman–Crippen MR) is 104 cm³/mol. The SMILES string of the molecule is CC(C)c1nc(-c2ccccc2NC(=O)CCc2ccccc2N)n[nH]1. The van der Waals surface area contributed by atoms with Crippen LogP contribution in [-0.4, -0.2) is 21.1 Å². The molecule has 0 fully saturated rings. The zero-order chi connectivity index (χ0) is 18.5. The third kappa shape index (κ3) is 4.08. The highest BCUT2D eigenvalue weighted by Crippen LogP contribution is 2.26. The molecule has 6 heteroatoms. The van der Waals surface area contributed by atoms with Crippen LogP contribution in [0.5, 0.6) is 0 Å². The number of aromatic amines is 1. The van der Waals surface area contributed by atoms with Crippen molar-refractivity contribution >= 4 is 17.3 Å². The van der Waals surface area contributed by atoms with Gasteiger partial charge in [-0.15, -0.1) is 0 Å². The number of nitrogen functional groups attached to an aromatic ring is 1. The number of nitrogens with zero attached hydrogens (tertiary/aromatic N) is 2.